The normalized spacial score (nSPS) is 11.6. The lowest BCUT2D eigenvalue weighted by atomic mass is 10.0. The summed E-state index contributed by atoms with van der Waals surface area (Å²) in [6, 6.07) is 74.4. The van der Waals surface area contributed by atoms with Gasteiger partial charge in [-0.3, -0.25) is 0 Å². The second-order valence-corrected chi connectivity index (χ2v) is 16.2. The summed E-state index contributed by atoms with van der Waals surface area (Å²) in [5.41, 5.74) is 12.1. The first-order valence-electron chi connectivity index (χ1n) is 20.4. The number of hydrogen-bond acceptors (Lipinski definition) is 6. The largest absolute Gasteiger partial charge is 0.456 e. The molecule has 61 heavy (non-hydrogen) atoms. The van der Waals surface area contributed by atoms with Crippen LogP contribution >= 0.6 is 11.3 Å². The van der Waals surface area contributed by atoms with E-state index < -0.39 is 0 Å². The second-order valence-electron chi connectivity index (χ2n) is 15.1. The molecule has 0 fully saturated rings. The van der Waals surface area contributed by atoms with E-state index in [-0.39, 0.29) is 0 Å². The molecule has 6 heteroatoms. The van der Waals surface area contributed by atoms with Gasteiger partial charge in [0.05, 0.1) is 27.4 Å². The zero-order valence-electron chi connectivity index (χ0n) is 32.8. The van der Waals surface area contributed by atoms with E-state index in [0.717, 1.165) is 78.3 Å². The quantitative estimate of drug-likeness (QED) is 0.153. The van der Waals surface area contributed by atoms with E-state index in [4.69, 9.17) is 13.8 Å². The summed E-state index contributed by atoms with van der Waals surface area (Å²) in [7, 11) is 0. The topological polar surface area (TPSA) is 45.7 Å². The number of aromatic nitrogens is 1. The molecule has 0 saturated carbocycles. The van der Waals surface area contributed by atoms with Crippen LogP contribution in [0.3, 0.4) is 0 Å². The van der Waals surface area contributed by atoms with Crippen molar-refractivity contribution in [3.05, 3.63) is 212 Å². The van der Waals surface area contributed by atoms with Crippen molar-refractivity contribution in [2.75, 3.05) is 9.80 Å². The van der Waals surface area contributed by atoms with Crippen LogP contribution in [0.2, 0.25) is 0 Å². The molecule has 0 N–H and O–H groups in total. The smallest absolute Gasteiger partial charge is 0.227 e. The van der Waals surface area contributed by atoms with Gasteiger partial charge in [-0.25, -0.2) is 4.98 Å². The number of para-hydroxylation sites is 3. The highest BCUT2D eigenvalue weighted by atomic mass is 32.1. The van der Waals surface area contributed by atoms with Crippen LogP contribution in [0.25, 0.3) is 75.8 Å². The zero-order valence-corrected chi connectivity index (χ0v) is 33.6. The SMILES string of the molecule is c1ccc(-c2nc3cc(N(c4ccc5oc6ccccc6c5c4)c4ccccc4-c4ccccc4)cc(N(c4ccccc4)c4cccc5c4sc4ccccc45)c3o2)cc1. The molecule has 12 rings (SSSR count). The van der Waals surface area contributed by atoms with E-state index in [9.17, 15) is 0 Å². The number of anilines is 6. The van der Waals surface area contributed by atoms with Gasteiger partial charge in [0.25, 0.3) is 0 Å². The molecule has 9 aromatic carbocycles. The molecule has 3 heterocycles. The highest BCUT2D eigenvalue weighted by Gasteiger charge is 2.27. The molecule has 0 aliphatic rings. The highest BCUT2D eigenvalue weighted by Crippen LogP contribution is 2.50. The molecular weight excluding hydrogens is 767 g/mol. The number of furan rings is 1. The Labute approximate surface area is 355 Å². The fourth-order valence-electron chi connectivity index (χ4n) is 8.70. The summed E-state index contributed by atoms with van der Waals surface area (Å²) in [5.74, 6) is 0.560. The summed E-state index contributed by atoms with van der Waals surface area (Å²) in [6.07, 6.45) is 0. The number of fused-ring (bicyclic) bond motifs is 7. The third-order valence-corrected chi connectivity index (χ3v) is 12.7. The molecule has 0 saturated heterocycles. The number of rotatable bonds is 8. The molecule has 0 bridgehead atoms. The van der Waals surface area contributed by atoms with Gasteiger partial charge >= 0.3 is 0 Å². The second kappa shape index (κ2) is 14.4. The fraction of sp³-hybridized carbons (Fsp3) is 0. The number of benzene rings is 9. The summed E-state index contributed by atoms with van der Waals surface area (Å²) >= 11 is 1.81. The third-order valence-electron chi connectivity index (χ3n) is 11.5. The van der Waals surface area contributed by atoms with Crippen LogP contribution in [0.1, 0.15) is 0 Å². The van der Waals surface area contributed by atoms with Gasteiger partial charge in [0.2, 0.25) is 5.89 Å². The molecule has 288 valence electrons. The highest BCUT2D eigenvalue weighted by molar-refractivity contribution is 7.26. The van der Waals surface area contributed by atoms with Crippen molar-refractivity contribution in [3.8, 4) is 22.6 Å². The van der Waals surface area contributed by atoms with Crippen molar-refractivity contribution in [1.82, 2.24) is 4.98 Å². The summed E-state index contributed by atoms with van der Waals surface area (Å²) in [4.78, 5) is 9.97. The van der Waals surface area contributed by atoms with Crippen LogP contribution in [0.5, 0.6) is 0 Å². The van der Waals surface area contributed by atoms with Crippen LogP contribution in [0.15, 0.2) is 221 Å². The molecule has 0 aliphatic heterocycles. The standard InChI is InChI=1S/C55H35N3O2S/c1-4-17-36(18-5-1)41-23-10-13-27-47(41)57(39-31-32-51-45(33-39)42-24-11-14-29-50(42)59-51)40-34-46-53(60-55(56-46)37-19-6-2-7-20-37)49(35-40)58(38-21-8-3-9-22-38)48-28-16-26-44-43-25-12-15-30-52(43)61-54(44)48/h1-35H. The summed E-state index contributed by atoms with van der Waals surface area (Å²) < 4.78 is 15.7. The first-order chi connectivity index (χ1) is 30.2. The predicted molar refractivity (Wildman–Crippen MR) is 254 cm³/mol. The Balaban J connectivity index is 1.18. The van der Waals surface area contributed by atoms with Crippen molar-refractivity contribution in [2.24, 2.45) is 0 Å². The lowest BCUT2D eigenvalue weighted by Gasteiger charge is -2.30. The maximum atomic E-state index is 6.93. The van der Waals surface area contributed by atoms with Gasteiger partial charge in [-0.1, -0.05) is 133 Å². The lowest BCUT2D eigenvalue weighted by Crippen LogP contribution is -2.14. The first kappa shape index (κ1) is 35.1. The number of thiophene rings is 1. The van der Waals surface area contributed by atoms with E-state index in [1.165, 1.54) is 20.2 Å². The maximum absolute atomic E-state index is 6.93. The van der Waals surface area contributed by atoms with Gasteiger partial charge in [0.1, 0.15) is 16.7 Å². The summed E-state index contributed by atoms with van der Waals surface area (Å²) in [5, 5.41) is 4.58. The van der Waals surface area contributed by atoms with Gasteiger partial charge in [-0.2, -0.15) is 0 Å². The van der Waals surface area contributed by atoms with E-state index >= 15 is 0 Å². The Morgan fingerprint density at radius 3 is 1.89 bits per heavy atom. The maximum Gasteiger partial charge on any atom is 0.227 e. The van der Waals surface area contributed by atoms with Crippen molar-refractivity contribution in [2.45, 2.75) is 0 Å². The van der Waals surface area contributed by atoms with Gasteiger partial charge in [-0.15, -0.1) is 11.3 Å². The minimum atomic E-state index is 0.560. The number of oxazole rings is 1. The van der Waals surface area contributed by atoms with Crippen LogP contribution < -0.4 is 9.80 Å². The Morgan fingerprint density at radius 1 is 0.393 bits per heavy atom. The van der Waals surface area contributed by atoms with E-state index in [1.54, 1.807) is 0 Å². The molecular formula is C55H35N3O2S. The molecule has 12 aromatic rings. The molecule has 0 spiro atoms. The number of hydrogen-bond donors (Lipinski definition) is 0. The molecule has 0 atom stereocenters. The number of nitrogens with zero attached hydrogens (tertiary/aromatic N) is 3. The minimum absolute atomic E-state index is 0.560. The van der Waals surface area contributed by atoms with E-state index in [1.807, 2.05) is 53.8 Å². The third kappa shape index (κ3) is 5.95. The lowest BCUT2D eigenvalue weighted by molar-refractivity contribution is 0.620. The molecule has 0 unspecified atom stereocenters. The van der Waals surface area contributed by atoms with Gasteiger partial charge in [-0.05, 0) is 84.4 Å². The van der Waals surface area contributed by atoms with E-state index in [2.05, 4.69) is 180 Å². The van der Waals surface area contributed by atoms with Crippen molar-refractivity contribution in [3.63, 3.8) is 0 Å². The van der Waals surface area contributed by atoms with Crippen LogP contribution in [0.4, 0.5) is 34.1 Å². The molecule has 0 amide bonds. The van der Waals surface area contributed by atoms with Crippen molar-refractivity contribution in [1.29, 1.82) is 0 Å². The van der Waals surface area contributed by atoms with E-state index in [0.29, 0.717) is 11.5 Å². The van der Waals surface area contributed by atoms with Gasteiger partial charge < -0.3 is 18.6 Å². The first-order valence-corrected chi connectivity index (χ1v) is 21.2. The molecule has 0 aliphatic carbocycles. The Bertz CT molecular complexity index is 3560. The Kier molecular flexibility index (Phi) is 8.28. The minimum Gasteiger partial charge on any atom is -0.456 e. The Morgan fingerprint density at radius 2 is 1.05 bits per heavy atom. The van der Waals surface area contributed by atoms with Crippen LogP contribution in [0, 0.1) is 0 Å². The average Bonchev–Trinajstić information content (AvgIpc) is 4.04. The van der Waals surface area contributed by atoms with Gasteiger partial charge in [0, 0.05) is 48.7 Å². The summed E-state index contributed by atoms with van der Waals surface area (Å²) in [6.45, 7) is 0. The fourth-order valence-corrected chi connectivity index (χ4v) is 9.91. The van der Waals surface area contributed by atoms with Crippen molar-refractivity contribution < 1.29 is 8.83 Å². The van der Waals surface area contributed by atoms with Crippen LogP contribution in [-0.2, 0) is 0 Å². The average molecular weight is 802 g/mol. The van der Waals surface area contributed by atoms with Crippen molar-refractivity contribution >= 4 is 98.7 Å². The molecule has 0 radical (unpaired) electrons. The monoisotopic (exact) mass is 801 g/mol. The zero-order chi connectivity index (χ0) is 40.3. The predicted octanol–water partition coefficient (Wildman–Crippen LogP) is 16.4. The molecule has 3 aromatic heterocycles. The Hall–Kier alpha value is -7.93. The molecule has 5 nitrogen and oxygen atoms in total. The van der Waals surface area contributed by atoms with Crippen LogP contribution in [-0.4, -0.2) is 4.98 Å². The van der Waals surface area contributed by atoms with Gasteiger partial charge in [0.15, 0.2) is 5.58 Å².